The molecule has 0 aliphatic carbocycles. The second-order valence-electron chi connectivity index (χ2n) is 3.96. The third-order valence-corrected chi connectivity index (χ3v) is 2.92. The van der Waals surface area contributed by atoms with E-state index in [1.807, 2.05) is 0 Å². The van der Waals surface area contributed by atoms with Crippen LogP contribution in [0.2, 0.25) is 0 Å². The number of nitrogens with two attached hydrogens (primary N) is 1. The van der Waals surface area contributed by atoms with Crippen LogP contribution in [0.3, 0.4) is 0 Å². The molecule has 15 heavy (non-hydrogen) atoms. The standard InChI is InChI=1S/C10H19N3O2/c1-7(12-2)10(15)13-6-4-3-5-8(13)9(11)14/h7-8,12H,3-6H2,1-2H3,(H2,11,14). The molecule has 0 saturated carbocycles. The molecule has 3 N–H and O–H groups in total. The quantitative estimate of drug-likeness (QED) is 0.661. The number of nitrogens with zero attached hydrogens (tertiary/aromatic N) is 1. The highest BCUT2D eigenvalue weighted by atomic mass is 16.2. The van der Waals surface area contributed by atoms with Gasteiger partial charge in [-0.05, 0) is 33.2 Å². The first kappa shape index (κ1) is 12.0. The van der Waals surface area contributed by atoms with Gasteiger partial charge in [0.2, 0.25) is 11.8 Å². The van der Waals surface area contributed by atoms with Gasteiger partial charge < -0.3 is 16.0 Å². The molecule has 0 aromatic carbocycles. The fraction of sp³-hybridized carbons (Fsp3) is 0.800. The lowest BCUT2D eigenvalue weighted by Gasteiger charge is -2.35. The van der Waals surface area contributed by atoms with Crippen molar-refractivity contribution in [1.82, 2.24) is 10.2 Å². The van der Waals surface area contributed by atoms with Gasteiger partial charge in [-0.2, -0.15) is 0 Å². The SMILES string of the molecule is CNC(C)C(=O)N1CCCCC1C(N)=O. The molecule has 1 rings (SSSR count). The van der Waals surface area contributed by atoms with Crippen LogP contribution in [-0.4, -0.2) is 42.4 Å². The lowest BCUT2D eigenvalue weighted by molar-refractivity contribution is -0.142. The van der Waals surface area contributed by atoms with E-state index in [-0.39, 0.29) is 11.9 Å². The van der Waals surface area contributed by atoms with E-state index in [0.29, 0.717) is 13.0 Å². The summed E-state index contributed by atoms with van der Waals surface area (Å²) in [6.07, 6.45) is 2.61. The van der Waals surface area contributed by atoms with Crippen LogP contribution >= 0.6 is 0 Å². The number of hydrogen-bond acceptors (Lipinski definition) is 3. The zero-order valence-electron chi connectivity index (χ0n) is 9.32. The fourth-order valence-corrected chi connectivity index (χ4v) is 1.86. The molecule has 1 saturated heterocycles. The predicted molar refractivity (Wildman–Crippen MR) is 57.1 cm³/mol. The van der Waals surface area contributed by atoms with E-state index in [2.05, 4.69) is 5.32 Å². The van der Waals surface area contributed by atoms with E-state index in [0.717, 1.165) is 12.8 Å². The Morgan fingerprint density at radius 2 is 2.13 bits per heavy atom. The van der Waals surface area contributed by atoms with E-state index in [1.165, 1.54) is 0 Å². The van der Waals surface area contributed by atoms with Crippen LogP contribution < -0.4 is 11.1 Å². The van der Waals surface area contributed by atoms with Crippen LogP contribution in [0.1, 0.15) is 26.2 Å². The zero-order valence-corrected chi connectivity index (χ0v) is 9.32. The van der Waals surface area contributed by atoms with Gasteiger partial charge in [0.1, 0.15) is 6.04 Å². The normalized spacial score (nSPS) is 23.6. The van der Waals surface area contributed by atoms with Crippen molar-refractivity contribution < 1.29 is 9.59 Å². The summed E-state index contributed by atoms with van der Waals surface area (Å²) in [5.74, 6) is -0.438. The Hall–Kier alpha value is -1.10. The Morgan fingerprint density at radius 3 is 2.67 bits per heavy atom. The summed E-state index contributed by atoms with van der Waals surface area (Å²) in [7, 11) is 1.73. The average molecular weight is 213 g/mol. The Labute approximate surface area is 90.0 Å². The number of likely N-dealkylation sites (N-methyl/N-ethyl adjacent to an activating group) is 1. The summed E-state index contributed by atoms with van der Waals surface area (Å²) in [5, 5.41) is 2.88. The van der Waals surface area contributed by atoms with E-state index >= 15 is 0 Å². The maximum absolute atomic E-state index is 11.9. The molecule has 2 atom stereocenters. The number of nitrogens with one attached hydrogen (secondary N) is 1. The fourth-order valence-electron chi connectivity index (χ4n) is 1.86. The molecule has 1 heterocycles. The summed E-state index contributed by atoms with van der Waals surface area (Å²) in [5.41, 5.74) is 5.28. The van der Waals surface area contributed by atoms with Gasteiger partial charge in [0.25, 0.3) is 0 Å². The van der Waals surface area contributed by atoms with Crippen LogP contribution in [0, 0.1) is 0 Å². The molecule has 1 aliphatic heterocycles. The van der Waals surface area contributed by atoms with Gasteiger partial charge in [0, 0.05) is 6.54 Å². The molecule has 86 valence electrons. The maximum atomic E-state index is 11.9. The summed E-state index contributed by atoms with van der Waals surface area (Å²) < 4.78 is 0. The van der Waals surface area contributed by atoms with Crippen LogP contribution in [0.4, 0.5) is 0 Å². The third kappa shape index (κ3) is 2.68. The van der Waals surface area contributed by atoms with Crippen molar-refractivity contribution in [3.8, 4) is 0 Å². The number of primary amides is 1. The second-order valence-corrected chi connectivity index (χ2v) is 3.96. The number of carbonyl (C=O) groups is 2. The predicted octanol–water partition coefficient (Wildman–Crippen LogP) is -0.539. The molecule has 0 radical (unpaired) electrons. The number of likely N-dealkylation sites (tertiary alicyclic amines) is 1. The van der Waals surface area contributed by atoms with Crippen molar-refractivity contribution in [3.05, 3.63) is 0 Å². The van der Waals surface area contributed by atoms with Crippen LogP contribution in [0.5, 0.6) is 0 Å². The van der Waals surface area contributed by atoms with Gasteiger partial charge in [-0.1, -0.05) is 0 Å². The molecule has 5 nitrogen and oxygen atoms in total. The Morgan fingerprint density at radius 1 is 1.47 bits per heavy atom. The highest BCUT2D eigenvalue weighted by Gasteiger charge is 2.32. The van der Waals surface area contributed by atoms with E-state index in [9.17, 15) is 9.59 Å². The molecule has 2 unspecified atom stereocenters. The first-order valence-electron chi connectivity index (χ1n) is 5.35. The van der Waals surface area contributed by atoms with Crippen molar-refractivity contribution >= 4 is 11.8 Å². The number of carbonyl (C=O) groups excluding carboxylic acids is 2. The number of hydrogen-bond donors (Lipinski definition) is 2. The van der Waals surface area contributed by atoms with Gasteiger partial charge in [-0.15, -0.1) is 0 Å². The van der Waals surface area contributed by atoms with Gasteiger partial charge in [0.15, 0.2) is 0 Å². The number of amides is 2. The molecule has 5 heteroatoms. The van der Waals surface area contributed by atoms with Gasteiger partial charge in [-0.3, -0.25) is 9.59 Å². The van der Waals surface area contributed by atoms with Gasteiger partial charge in [-0.25, -0.2) is 0 Å². The van der Waals surface area contributed by atoms with E-state index < -0.39 is 11.9 Å². The molecule has 0 spiro atoms. The summed E-state index contributed by atoms with van der Waals surface area (Å²) >= 11 is 0. The van der Waals surface area contributed by atoms with E-state index in [1.54, 1.807) is 18.9 Å². The largest absolute Gasteiger partial charge is 0.368 e. The molecular formula is C10H19N3O2. The van der Waals surface area contributed by atoms with Crippen LogP contribution in [0.25, 0.3) is 0 Å². The van der Waals surface area contributed by atoms with E-state index in [4.69, 9.17) is 5.73 Å². The molecule has 0 aromatic rings. The number of rotatable bonds is 3. The summed E-state index contributed by atoms with van der Waals surface area (Å²) in [6.45, 7) is 2.42. The Kier molecular flexibility index (Phi) is 4.08. The third-order valence-electron chi connectivity index (χ3n) is 2.92. The van der Waals surface area contributed by atoms with Crippen molar-refractivity contribution in [2.45, 2.75) is 38.3 Å². The maximum Gasteiger partial charge on any atom is 0.240 e. The minimum absolute atomic E-state index is 0.0407. The lowest BCUT2D eigenvalue weighted by atomic mass is 10.0. The summed E-state index contributed by atoms with van der Waals surface area (Å²) in [4.78, 5) is 24.7. The average Bonchev–Trinajstić information content (AvgIpc) is 2.27. The molecule has 1 aliphatic rings. The molecule has 2 amide bonds. The number of piperidine rings is 1. The monoisotopic (exact) mass is 213 g/mol. The molecule has 1 fully saturated rings. The Bertz CT molecular complexity index is 255. The minimum atomic E-state index is -0.415. The van der Waals surface area contributed by atoms with Crippen LogP contribution in [-0.2, 0) is 9.59 Å². The highest BCUT2D eigenvalue weighted by molar-refractivity contribution is 5.89. The van der Waals surface area contributed by atoms with Gasteiger partial charge in [0.05, 0.1) is 6.04 Å². The smallest absolute Gasteiger partial charge is 0.240 e. The van der Waals surface area contributed by atoms with Crippen molar-refractivity contribution in [2.24, 2.45) is 5.73 Å². The second kappa shape index (κ2) is 5.11. The molecule has 0 bridgehead atoms. The topological polar surface area (TPSA) is 75.4 Å². The minimum Gasteiger partial charge on any atom is -0.368 e. The summed E-state index contributed by atoms with van der Waals surface area (Å²) in [6, 6.07) is -0.674. The lowest BCUT2D eigenvalue weighted by Crippen LogP contribution is -2.54. The Balaban J connectivity index is 2.71. The first-order valence-corrected chi connectivity index (χ1v) is 5.35. The highest BCUT2D eigenvalue weighted by Crippen LogP contribution is 2.17. The first-order chi connectivity index (χ1) is 7.07. The van der Waals surface area contributed by atoms with Crippen molar-refractivity contribution in [1.29, 1.82) is 0 Å². The zero-order chi connectivity index (χ0) is 11.4. The van der Waals surface area contributed by atoms with Gasteiger partial charge >= 0.3 is 0 Å². The van der Waals surface area contributed by atoms with Crippen LogP contribution in [0.15, 0.2) is 0 Å². The molecule has 0 aromatic heterocycles. The molecular weight excluding hydrogens is 194 g/mol. The van der Waals surface area contributed by atoms with Crippen molar-refractivity contribution in [2.75, 3.05) is 13.6 Å². The van der Waals surface area contributed by atoms with Crippen molar-refractivity contribution in [3.63, 3.8) is 0 Å².